The van der Waals surface area contributed by atoms with Crippen LogP contribution in [-0.4, -0.2) is 11.2 Å². The molecule has 0 radical (unpaired) electrons. The van der Waals surface area contributed by atoms with E-state index in [2.05, 4.69) is 0 Å². The van der Waals surface area contributed by atoms with Gasteiger partial charge in [-0.3, -0.25) is 0 Å². The number of ether oxygens (including phenoxy) is 1. The molecule has 2 heteroatoms. The van der Waals surface area contributed by atoms with Gasteiger partial charge in [-0.1, -0.05) is 48.5 Å². The minimum absolute atomic E-state index is 0.331. The van der Waals surface area contributed by atoms with Crippen molar-refractivity contribution in [3.63, 3.8) is 0 Å². The molecule has 0 saturated heterocycles. The van der Waals surface area contributed by atoms with Gasteiger partial charge in [0.1, 0.15) is 18.0 Å². The summed E-state index contributed by atoms with van der Waals surface area (Å²) in [6.45, 7) is 0. The fraction of sp³-hybridized carbons (Fsp3) is 0.125. The Hall–Kier alpha value is -2.06. The predicted molar refractivity (Wildman–Crippen MR) is 71.3 cm³/mol. The van der Waals surface area contributed by atoms with E-state index in [4.69, 9.17) is 4.74 Å². The summed E-state index contributed by atoms with van der Waals surface area (Å²) in [5.74, 6) is 0.769. The molecule has 0 bridgehead atoms. The fourth-order valence-electron chi connectivity index (χ4n) is 2.17. The Morgan fingerprint density at radius 1 is 0.889 bits per heavy atom. The largest absolute Gasteiger partial charge is 0.483 e. The van der Waals surface area contributed by atoms with Crippen LogP contribution in [0.3, 0.4) is 0 Å². The lowest BCUT2D eigenvalue weighted by Crippen LogP contribution is -2.25. The van der Waals surface area contributed by atoms with Crippen molar-refractivity contribution in [2.75, 3.05) is 0 Å². The van der Waals surface area contributed by atoms with E-state index in [-0.39, 0.29) is 6.10 Å². The third-order valence-electron chi connectivity index (χ3n) is 3.11. The first-order chi connectivity index (χ1) is 8.84. The van der Waals surface area contributed by atoms with E-state index in [0.29, 0.717) is 0 Å². The Balaban J connectivity index is 1.85. The molecule has 2 aromatic carbocycles. The summed E-state index contributed by atoms with van der Waals surface area (Å²) in [6, 6.07) is 17.4. The Kier molecular flexibility index (Phi) is 2.87. The number of fused-ring (bicyclic) bond motifs is 1. The summed E-state index contributed by atoms with van der Waals surface area (Å²) in [7, 11) is 0. The van der Waals surface area contributed by atoms with Gasteiger partial charge in [0.25, 0.3) is 0 Å². The Bertz CT molecular complexity index is 560. The maximum atomic E-state index is 10.3. The van der Waals surface area contributed by atoms with Crippen molar-refractivity contribution in [3.8, 4) is 5.75 Å². The van der Waals surface area contributed by atoms with Crippen LogP contribution in [0.25, 0.3) is 6.08 Å². The van der Waals surface area contributed by atoms with Gasteiger partial charge in [-0.15, -0.1) is 0 Å². The molecular formula is C16H14O2. The van der Waals surface area contributed by atoms with E-state index < -0.39 is 6.10 Å². The van der Waals surface area contributed by atoms with Crippen LogP contribution in [0.5, 0.6) is 5.75 Å². The quantitative estimate of drug-likeness (QED) is 0.870. The van der Waals surface area contributed by atoms with Gasteiger partial charge in [0, 0.05) is 0 Å². The van der Waals surface area contributed by atoms with Crippen LogP contribution in [-0.2, 0) is 0 Å². The molecule has 1 N–H and O–H groups in total. The summed E-state index contributed by atoms with van der Waals surface area (Å²) in [4.78, 5) is 0. The van der Waals surface area contributed by atoms with Crippen LogP contribution in [0.2, 0.25) is 0 Å². The average molecular weight is 238 g/mol. The van der Waals surface area contributed by atoms with Crippen molar-refractivity contribution in [2.45, 2.75) is 12.2 Å². The molecule has 2 aromatic rings. The number of benzene rings is 2. The minimum atomic E-state index is -0.619. The van der Waals surface area contributed by atoms with Gasteiger partial charge in [-0.2, -0.15) is 0 Å². The predicted octanol–water partition coefficient (Wildman–Crippen LogP) is 3.19. The van der Waals surface area contributed by atoms with Crippen LogP contribution in [0.4, 0.5) is 0 Å². The van der Waals surface area contributed by atoms with E-state index in [0.717, 1.165) is 16.9 Å². The first-order valence-corrected chi connectivity index (χ1v) is 6.01. The maximum Gasteiger partial charge on any atom is 0.147 e. The lowest BCUT2D eigenvalue weighted by Gasteiger charge is -2.26. The molecule has 2 unspecified atom stereocenters. The molecule has 0 heterocycles. The molecule has 0 amide bonds. The molecule has 18 heavy (non-hydrogen) atoms. The number of hydrogen-bond donors (Lipinski definition) is 1. The zero-order chi connectivity index (χ0) is 12.4. The van der Waals surface area contributed by atoms with Crippen molar-refractivity contribution in [1.29, 1.82) is 0 Å². The molecule has 1 aliphatic carbocycles. The number of para-hydroxylation sites is 1. The van der Waals surface area contributed by atoms with Gasteiger partial charge in [0.15, 0.2) is 0 Å². The maximum absolute atomic E-state index is 10.3. The third-order valence-corrected chi connectivity index (χ3v) is 3.11. The van der Waals surface area contributed by atoms with Crippen molar-refractivity contribution in [2.24, 2.45) is 0 Å². The standard InChI is InChI=1S/C16H14O2/c17-16-14-9-5-4-6-12(14)10-11-15(16)18-13-7-2-1-3-8-13/h1-11,15-17H. The lowest BCUT2D eigenvalue weighted by molar-refractivity contribution is 0.0623. The molecular weight excluding hydrogens is 224 g/mol. The summed E-state index contributed by atoms with van der Waals surface area (Å²) in [5.41, 5.74) is 1.97. The highest BCUT2D eigenvalue weighted by atomic mass is 16.5. The van der Waals surface area contributed by atoms with Crippen LogP contribution < -0.4 is 4.74 Å². The Labute approximate surface area is 106 Å². The van der Waals surface area contributed by atoms with Crippen molar-refractivity contribution >= 4 is 6.08 Å². The number of hydrogen-bond acceptors (Lipinski definition) is 2. The van der Waals surface area contributed by atoms with Gasteiger partial charge in [0.2, 0.25) is 0 Å². The van der Waals surface area contributed by atoms with E-state index in [1.54, 1.807) is 0 Å². The number of aliphatic hydroxyl groups is 1. The van der Waals surface area contributed by atoms with Gasteiger partial charge >= 0.3 is 0 Å². The highest BCUT2D eigenvalue weighted by Crippen LogP contribution is 2.30. The molecule has 0 aromatic heterocycles. The number of aliphatic hydroxyl groups excluding tert-OH is 1. The summed E-state index contributed by atoms with van der Waals surface area (Å²) >= 11 is 0. The normalized spacial score (nSPS) is 21.4. The van der Waals surface area contributed by atoms with Gasteiger partial charge in [0.05, 0.1) is 0 Å². The highest BCUT2D eigenvalue weighted by molar-refractivity contribution is 5.58. The molecule has 90 valence electrons. The highest BCUT2D eigenvalue weighted by Gasteiger charge is 2.25. The van der Waals surface area contributed by atoms with Crippen LogP contribution in [0.1, 0.15) is 17.2 Å². The van der Waals surface area contributed by atoms with Gasteiger partial charge in [-0.05, 0) is 29.3 Å². The van der Waals surface area contributed by atoms with Crippen LogP contribution in [0.15, 0.2) is 60.7 Å². The molecule has 2 atom stereocenters. The van der Waals surface area contributed by atoms with Crippen molar-refractivity contribution in [3.05, 3.63) is 71.8 Å². The fourth-order valence-corrected chi connectivity index (χ4v) is 2.17. The lowest BCUT2D eigenvalue weighted by atomic mass is 9.93. The van der Waals surface area contributed by atoms with Crippen LogP contribution in [0, 0.1) is 0 Å². The van der Waals surface area contributed by atoms with Gasteiger partial charge in [-0.25, -0.2) is 0 Å². The molecule has 0 spiro atoms. The summed E-state index contributed by atoms with van der Waals surface area (Å²) in [5, 5.41) is 10.3. The topological polar surface area (TPSA) is 29.5 Å². The smallest absolute Gasteiger partial charge is 0.147 e. The zero-order valence-corrected chi connectivity index (χ0v) is 9.86. The van der Waals surface area contributed by atoms with E-state index in [1.807, 2.05) is 66.7 Å². The Morgan fingerprint density at radius 2 is 1.61 bits per heavy atom. The van der Waals surface area contributed by atoms with Crippen LogP contribution >= 0.6 is 0 Å². The monoisotopic (exact) mass is 238 g/mol. The van der Waals surface area contributed by atoms with Crippen molar-refractivity contribution in [1.82, 2.24) is 0 Å². The SMILES string of the molecule is OC1c2ccccc2C=CC1Oc1ccccc1. The van der Waals surface area contributed by atoms with E-state index in [1.165, 1.54) is 0 Å². The number of rotatable bonds is 2. The van der Waals surface area contributed by atoms with Crippen molar-refractivity contribution < 1.29 is 9.84 Å². The molecule has 1 aliphatic rings. The second kappa shape index (κ2) is 4.67. The first-order valence-electron chi connectivity index (χ1n) is 6.01. The van der Waals surface area contributed by atoms with Gasteiger partial charge < -0.3 is 9.84 Å². The summed E-state index contributed by atoms with van der Waals surface area (Å²) in [6.07, 6.45) is 2.95. The zero-order valence-electron chi connectivity index (χ0n) is 9.86. The molecule has 2 nitrogen and oxygen atoms in total. The first kappa shape index (κ1) is 11.1. The summed E-state index contributed by atoms with van der Waals surface area (Å²) < 4.78 is 5.79. The second-order valence-corrected chi connectivity index (χ2v) is 4.33. The molecule has 0 fully saturated rings. The molecule has 0 saturated carbocycles. The third kappa shape index (κ3) is 2.03. The van der Waals surface area contributed by atoms with E-state index in [9.17, 15) is 5.11 Å². The molecule has 0 aliphatic heterocycles. The minimum Gasteiger partial charge on any atom is -0.483 e. The Morgan fingerprint density at radius 3 is 2.44 bits per heavy atom. The molecule has 3 rings (SSSR count). The second-order valence-electron chi connectivity index (χ2n) is 4.33. The average Bonchev–Trinajstić information content (AvgIpc) is 2.43. The van der Waals surface area contributed by atoms with E-state index >= 15 is 0 Å².